The van der Waals surface area contributed by atoms with Gasteiger partial charge in [0.15, 0.2) is 0 Å². The molecule has 0 unspecified atom stereocenters. The van der Waals surface area contributed by atoms with Crippen molar-refractivity contribution < 1.29 is 19.0 Å². The lowest BCUT2D eigenvalue weighted by Crippen LogP contribution is -2.50. The normalized spacial score (nSPS) is 26.9. The summed E-state index contributed by atoms with van der Waals surface area (Å²) >= 11 is 0. The Labute approximate surface area is 111 Å². The fourth-order valence-corrected chi connectivity index (χ4v) is 2.53. The van der Waals surface area contributed by atoms with Gasteiger partial charge >= 0.3 is 5.97 Å². The molecule has 2 rings (SSSR count). The van der Waals surface area contributed by atoms with Crippen molar-refractivity contribution in [3.63, 3.8) is 0 Å². The lowest BCUT2D eigenvalue weighted by molar-refractivity contribution is -0.144. The maximum Gasteiger partial charge on any atom is 0.329 e. The highest BCUT2D eigenvalue weighted by molar-refractivity contribution is 5.83. The summed E-state index contributed by atoms with van der Waals surface area (Å²) in [5.74, 6) is -1.37. The number of rotatable bonds is 4. The summed E-state index contributed by atoms with van der Waals surface area (Å²) in [6, 6.07) is 6.14. The molecule has 104 valence electrons. The highest BCUT2D eigenvalue weighted by Gasteiger charge is 2.42. The SMILES string of the molecule is COC1CCC(Nc2ccccc2F)(C(=O)O)CC1. The summed E-state index contributed by atoms with van der Waals surface area (Å²) in [5.41, 5.74) is -0.863. The van der Waals surface area contributed by atoms with Gasteiger partial charge in [-0.3, -0.25) is 0 Å². The third-order valence-corrected chi connectivity index (χ3v) is 3.78. The van der Waals surface area contributed by atoms with Crippen LogP contribution in [0.3, 0.4) is 0 Å². The number of hydrogen-bond acceptors (Lipinski definition) is 3. The van der Waals surface area contributed by atoms with Crippen LogP contribution < -0.4 is 5.32 Å². The zero-order chi connectivity index (χ0) is 13.9. The lowest BCUT2D eigenvalue weighted by Gasteiger charge is -2.37. The Morgan fingerprint density at radius 2 is 2.05 bits per heavy atom. The van der Waals surface area contributed by atoms with E-state index in [1.165, 1.54) is 6.07 Å². The number of carboxylic acids is 1. The second-order valence-corrected chi connectivity index (χ2v) is 4.93. The molecule has 0 aliphatic heterocycles. The molecule has 0 saturated heterocycles. The van der Waals surface area contributed by atoms with E-state index in [9.17, 15) is 14.3 Å². The summed E-state index contributed by atoms with van der Waals surface area (Å²) in [7, 11) is 1.63. The summed E-state index contributed by atoms with van der Waals surface area (Å²) in [5, 5.41) is 12.4. The van der Waals surface area contributed by atoms with Crippen molar-refractivity contribution in [2.45, 2.75) is 37.3 Å². The van der Waals surface area contributed by atoms with Crippen LogP contribution in [0.1, 0.15) is 25.7 Å². The average Bonchev–Trinajstić information content (AvgIpc) is 2.42. The molecule has 0 radical (unpaired) electrons. The first-order valence-electron chi connectivity index (χ1n) is 6.36. The zero-order valence-electron chi connectivity index (χ0n) is 10.9. The molecule has 0 spiro atoms. The van der Waals surface area contributed by atoms with Crippen molar-refractivity contribution in [1.82, 2.24) is 0 Å². The van der Waals surface area contributed by atoms with E-state index in [4.69, 9.17) is 4.74 Å². The summed E-state index contributed by atoms with van der Waals surface area (Å²) in [4.78, 5) is 11.6. The second kappa shape index (κ2) is 5.57. The Morgan fingerprint density at radius 3 is 2.58 bits per heavy atom. The van der Waals surface area contributed by atoms with Gasteiger partial charge in [0.2, 0.25) is 0 Å². The Kier molecular flexibility index (Phi) is 4.04. The van der Waals surface area contributed by atoms with E-state index >= 15 is 0 Å². The van der Waals surface area contributed by atoms with E-state index in [0.29, 0.717) is 25.7 Å². The molecular formula is C14H18FNO3. The van der Waals surface area contributed by atoms with Crippen LogP contribution >= 0.6 is 0 Å². The standard InChI is InChI=1S/C14H18FNO3/c1-19-10-6-8-14(9-7-10,13(17)18)16-12-5-3-2-4-11(12)15/h2-5,10,16H,6-9H2,1H3,(H,17,18). The minimum Gasteiger partial charge on any atom is -0.480 e. The molecule has 0 bridgehead atoms. The van der Waals surface area contributed by atoms with E-state index in [0.717, 1.165) is 0 Å². The molecular weight excluding hydrogens is 249 g/mol. The van der Waals surface area contributed by atoms with Gasteiger partial charge in [0.1, 0.15) is 11.4 Å². The highest BCUT2D eigenvalue weighted by atomic mass is 19.1. The van der Waals surface area contributed by atoms with Crippen LogP contribution in [-0.4, -0.2) is 29.8 Å². The topological polar surface area (TPSA) is 58.6 Å². The maximum absolute atomic E-state index is 13.6. The molecule has 5 heteroatoms. The molecule has 1 aromatic carbocycles. The fourth-order valence-electron chi connectivity index (χ4n) is 2.53. The van der Waals surface area contributed by atoms with Gasteiger partial charge in [0, 0.05) is 7.11 Å². The van der Waals surface area contributed by atoms with Crippen molar-refractivity contribution in [2.75, 3.05) is 12.4 Å². The van der Waals surface area contributed by atoms with E-state index in [2.05, 4.69) is 5.32 Å². The number of hydrogen-bond donors (Lipinski definition) is 2. The van der Waals surface area contributed by atoms with Crippen LogP contribution in [-0.2, 0) is 9.53 Å². The van der Waals surface area contributed by atoms with Crippen molar-refractivity contribution in [1.29, 1.82) is 0 Å². The Bertz CT molecular complexity index is 456. The van der Waals surface area contributed by atoms with Gasteiger partial charge in [-0.15, -0.1) is 0 Å². The van der Waals surface area contributed by atoms with E-state index in [1.54, 1.807) is 25.3 Å². The first-order valence-corrected chi connectivity index (χ1v) is 6.36. The van der Waals surface area contributed by atoms with Crippen molar-refractivity contribution in [2.24, 2.45) is 0 Å². The van der Waals surface area contributed by atoms with Gasteiger partial charge in [-0.1, -0.05) is 12.1 Å². The Hall–Kier alpha value is -1.62. The first kappa shape index (κ1) is 13.8. The van der Waals surface area contributed by atoms with Crippen molar-refractivity contribution in [3.8, 4) is 0 Å². The maximum atomic E-state index is 13.6. The van der Waals surface area contributed by atoms with E-state index in [1.807, 2.05) is 0 Å². The predicted molar refractivity (Wildman–Crippen MR) is 69.7 cm³/mol. The number of ether oxygens (including phenoxy) is 1. The number of carboxylic acid groups (broad SMARTS) is 1. The van der Waals surface area contributed by atoms with Gasteiger partial charge in [-0.05, 0) is 37.8 Å². The quantitative estimate of drug-likeness (QED) is 0.880. The average molecular weight is 267 g/mol. The summed E-state index contributed by atoms with van der Waals surface area (Å²) < 4.78 is 18.9. The molecule has 1 aromatic rings. The Morgan fingerprint density at radius 1 is 1.42 bits per heavy atom. The van der Waals surface area contributed by atoms with Crippen LogP contribution in [0.25, 0.3) is 0 Å². The molecule has 2 N–H and O–H groups in total. The molecule has 4 nitrogen and oxygen atoms in total. The van der Waals surface area contributed by atoms with Crippen LogP contribution in [0.15, 0.2) is 24.3 Å². The molecule has 0 aromatic heterocycles. The van der Waals surface area contributed by atoms with Crippen LogP contribution in [0.4, 0.5) is 10.1 Å². The van der Waals surface area contributed by atoms with Crippen LogP contribution in [0.5, 0.6) is 0 Å². The number of anilines is 1. The number of nitrogens with one attached hydrogen (secondary N) is 1. The van der Waals surface area contributed by atoms with Crippen molar-refractivity contribution >= 4 is 11.7 Å². The fraction of sp³-hybridized carbons (Fsp3) is 0.500. The van der Waals surface area contributed by atoms with Gasteiger partial charge in [0.25, 0.3) is 0 Å². The smallest absolute Gasteiger partial charge is 0.329 e. The third-order valence-electron chi connectivity index (χ3n) is 3.78. The van der Waals surface area contributed by atoms with Gasteiger partial charge in [-0.2, -0.15) is 0 Å². The van der Waals surface area contributed by atoms with Gasteiger partial charge in [0.05, 0.1) is 11.8 Å². The minimum atomic E-state index is -1.10. The van der Waals surface area contributed by atoms with E-state index < -0.39 is 17.3 Å². The third kappa shape index (κ3) is 2.87. The zero-order valence-corrected chi connectivity index (χ0v) is 10.9. The van der Waals surface area contributed by atoms with E-state index in [-0.39, 0.29) is 11.8 Å². The van der Waals surface area contributed by atoms with Gasteiger partial charge < -0.3 is 15.2 Å². The first-order chi connectivity index (χ1) is 9.07. The largest absolute Gasteiger partial charge is 0.480 e. The van der Waals surface area contributed by atoms with Crippen LogP contribution in [0, 0.1) is 5.82 Å². The second-order valence-electron chi connectivity index (χ2n) is 4.93. The van der Waals surface area contributed by atoms with Gasteiger partial charge in [-0.25, -0.2) is 9.18 Å². The number of carbonyl (C=O) groups is 1. The molecule has 0 amide bonds. The molecule has 1 aliphatic carbocycles. The lowest BCUT2D eigenvalue weighted by atomic mass is 9.80. The number of para-hydroxylation sites is 1. The number of methoxy groups -OCH3 is 1. The highest BCUT2D eigenvalue weighted by Crippen LogP contribution is 2.33. The Balaban J connectivity index is 2.18. The van der Waals surface area contributed by atoms with Crippen molar-refractivity contribution in [3.05, 3.63) is 30.1 Å². The molecule has 1 fully saturated rings. The summed E-state index contributed by atoms with van der Waals surface area (Å²) in [6.45, 7) is 0. The number of halogens is 1. The molecule has 0 atom stereocenters. The number of aliphatic carboxylic acids is 1. The minimum absolute atomic E-state index is 0.0925. The number of benzene rings is 1. The predicted octanol–water partition coefficient (Wildman–Crippen LogP) is 2.65. The molecule has 1 saturated carbocycles. The summed E-state index contributed by atoms with van der Waals surface area (Å²) in [6.07, 6.45) is 2.26. The molecule has 0 heterocycles. The van der Waals surface area contributed by atoms with Crippen LogP contribution in [0.2, 0.25) is 0 Å². The molecule has 19 heavy (non-hydrogen) atoms. The monoisotopic (exact) mass is 267 g/mol. The molecule has 1 aliphatic rings.